The number of rotatable bonds is 10. The molecule has 260 valence electrons. The molecule has 4 aromatic heterocycles. The van der Waals surface area contributed by atoms with Crippen LogP contribution >= 0.6 is 0 Å². The van der Waals surface area contributed by atoms with E-state index in [0.717, 1.165) is 27.9 Å². The van der Waals surface area contributed by atoms with Crippen LogP contribution in [0, 0.1) is 13.8 Å². The molecule has 0 bridgehead atoms. The summed E-state index contributed by atoms with van der Waals surface area (Å²) in [5, 5.41) is 29.5. The van der Waals surface area contributed by atoms with E-state index < -0.39 is 18.6 Å². The average Bonchev–Trinajstić information content (AvgIpc) is 3.84. The molecule has 1 unspecified atom stereocenters. The van der Waals surface area contributed by atoms with E-state index in [1.165, 1.54) is 0 Å². The van der Waals surface area contributed by atoms with Gasteiger partial charge in [-0.1, -0.05) is 36.4 Å². The van der Waals surface area contributed by atoms with Gasteiger partial charge in [0.15, 0.2) is 0 Å². The predicted molar refractivity (Wildman–Crippen MR) is 188 cm³/mol. The number of carbonyl (C=O) groups is 2. The van der Waals surface area contributed by atoms with Crippen molar-refractivity contribution in [2.45, 2.75) is 60.0 Å². The molecule has 0 spiro atoms. The number of para-hydroxylation sites is 3. The van der Waals surface area contributed by atoms with Gasteiger partial charge in [0.25, 0.3) is 11.8 Å². The molecule has 2 N–H and O–H groups in total. The molecule has 2 aromatic carbocycles. The van der Waals surface area contributed by atoms with Crippen LogP contribution in [0.3, 0.4) is 0 Å². The molecule has 4 heterocycles. The van der Waals surface area contributed by atoms with E-state index in [1.807, 2.05) is 98.0 Å². The van der Waals surface area contributed by atoms with Gasteiger partial charge in [0.1, 0.15) is 17.5 Å². The topological polar surface area (TPSA) is 155 Å². The van der Waals surface area contributed by atoms with Crippen LogP contribution in [0.5, 0.6) is 0 Å². The number of benzene rings is 2. The van der Waals surface area contributed by atoms with Gasteiger partial charge in [0.05, 0.1) is 40.1 Å². The number of hydrogen-bond acceptors (Lipinski definition) is 6. The summed E-state index contributed by atoms with van der Waals surface area (Å²) >= 11 is 0. The minimum absolute atomic E-state index is 0.288. The Bertz CT molecular complexity index is 2410. The summed E-state index contributed by atoms with van der Waals surface area (Å²) < 4.78 is 10.8. The van der Waals surface area contributed by atoms with Gasteiger partial charge < -0.3 is 28.5 Å². The number of aromatic nitrogens is 8. The highest BCUT2D eigenvalue weighted by molar-refractivity contribution is 5.94. The SMILES string of the molecule is CCn1nc(C)cc1C(=O)N=c1n(C)c2ccccc2n1C/C=C/Cn1c(=NC(=O)c2cc(C)nn2CC)n(C)c2cccc(C(O)CO)c21. The van der Waals surface area contributed by atoms with Gasteiger partial charge in [-0.2, -0.15) is 20.2 Å². The molecular formula is C36H42N10O4. The van der Waals surface area contributed by atoms with E-state index in [9.17, 15) is 19.8 Å². The summed E-state index contributed by atoms with van der Waals surface area (Å²) in [4.78, 5) is 36.2. The van der Waals surface area contributed by atoms with Crippen LogP contribution in [0.4, 0.5) is 0 Å². The highest BCUT2D eigenvalue weighted by atomic mass is 16.3. The van der Waals surface area contributed by atoms with Crippen molar-refractivity contribution in [3.63, 3.8) is 0 Å². The number of aryl methyl sites for hydroxylation is 6. The quantitative estimate of drug-likeness (QED) is 0.212. The first-order valence-corrected chi connectivity index (χ1v) is 16.6. The molecule has 0 saturated heterocycles. The van der Waals surface area contributed by atoms with Gasteiger partial charge in [-0.3, -0.25) is 19.0 Å². The lowest BCUT2D eigenvalue weighted by Crippen LogP contribution is -2.27. The van der Waals surface area contributed by atoms with Crippen LogP contribution in [-0.2, 0) is 40.3 Å². The molecule has 0 aliphatic heterocycles. The maximum absolute atomic E-state index is 13.6. The number of nitrogens with zero attached hydrogens (tertiary/aromatic N) is 10. The number of aliphatic hydroxyl groups excluding tert-OH is 2. The summed E-state index contributed by atoms with van der Waals surface area (Å²) in [6.45, 7) is 8.80. The minimum Gasteiger partial charge on any atom is -0.393 e. The van der Waals surface area contributed by atoms with E-state index >= 15 is 0 Å². The number of fused-ring (bicyclic) bond motifs is 2. The van der Waals surface area contributed by atoms with Gasteiger partial charge in [-0.05, 0) is 58.0 Å². The number of hydrogen-bond donors (Lipinski definition) is 2. The largest absolute Gasteiger partial charge is 0.393 e. The fourth-order valence-corrected chi connectivity index (χ4v) is 6.44. The molecule has 0 saturated carbocycles. The van der Waals surface area contributed by atoms with Crippen LogP contribution in [0.25, 0.3) is 22.1 Å². The summed E-state index contributed by atoms with van der Waals surface area (Å²) in [7, 11) is 3.70. The van der Waals surface area contributed by atoms with Crippen LogP contribution in [-0.4, -0.2) is 66.5 Å². The van der Waals surface area contributed by atoms with E-state index in [-0.39, 0.29) is 12.5 Å². The molecule has 6 aromatic rings. The van der Waals surface area contributed by atoms with Crippen molar-refractivity contribution in [2.24, 2.45) is 24.1 Å². The molecule has 0 aliphatic rings. The summed E-state index contributed by atoms with van der Waals surface area (Å²) in [6, 6.07) is 16.8. The zero-order chi connectivity index (χ0) is 35.7. The fraction of sp³-hybridized carbons (Fsp3) is 0.333. The molecule has 50 heavy (non-hydrogen) atoms. The molecule has 0 aliphatic carbocycles. The number of imidazole rings is 2. The first-order valence-electron chi connectivity index (χ1n) is 16.6. The van der Waals surface area contributed by atoms with E-state index in [4.69, 9.17) is 0 Å². The zero-order valence-electron chi connectivity index (χ0n) is 29.1. The van der Waals surface area contributed by atoms with E-state index in [0.29, 0.717) is 53.3 Å². The van der Waals surface area contributed by atoms with Crippen molar-refractivity contribution in [1.82, 2.24) is 37.8 Å². The standard InChI is InChI=1S/C36H42N10O4/c1-7-45-29(20-23(3)39-45)33(49)37-35-41(5)26-15-9-10-16-27(26)43(35)18-11-12-19-44-32-25(31(48)22-47)14-13-17-28(32)42(6)36(44)38-34(50)30-21-24(4)40-46(30)8-2/h9-17,20-21,31,47-48H,7-8,18-19,22H2,1-6H3/b12-11+,37-35?,38-36?. The lowest BCUT2D eigenvalue weighted by atomic mass is 10.1. The maximum atomic E-state index is 13.6. The predicted octanol–water partition coefficient (Wildman–Crippen LogP) is 3.09. The van der Waals surface area contributed by atoms with Gasteiger partial charge in [-0.25, -0.2) is 0 Å². The first-order chi connectivity index (χ1) is 24.1. The molecule has 14 nitrogen and oxygen atoms in total. The highest BCUT2D eigenvalue weighted by Gasteiger charge is 2.20. The molecular weight excluding hydrogens is 636 g/mol. The molecule has 0 radical (unpaired) electrons. The normalized spacial score (nSPS) is 13.4. The van der Waals surface area contributed by atoms with Crippen molar-refractivity contribution in [3.8, 4) is 0 Å². The van der Waals surface area contributed by atoms with Crippen LogP contribution < -0.4 is 11.2 Å². The van der Waals surface area contributed by atoms with Crippen LogP contribution in [0.15, 0.2) is 76.7 Å². The fourth-order valence-electron chi connectivity index (χ4n) is 6.44. The lowest BCUT2D eigenvalue weighted by Gasteiger charge is -2.11. The maximum Gasteiger partial charge on any atom is 0.298 e. The Balaban J connectivity index is 1.43. The van der Waals surface area contributed by atoms with Crippen molar-refractivity contribution in [3.05, 3.63) is 106 Å². The Labute approximate surface area is 288 Å². The first kappa shape index (κ1) is 34.3. The molecule has 6 rings (SSSR count). The Morgan fingerprint density at radius 2 is 1.26 bits per heavy atom. The van der Waals surface area contributed by atoms with Crippen molar-refractivity contribution >= 4 is 33.9 Å². The summed E-state index contributed by atoms with van der Waals surface area (Å²) in [5.74, 6) is -0.824. The Morgan fingerprint density at radius 3 is 1.82 bits per heavy atom. The van der Waals surface area contributed by atoms with Crippen molar-refractivity contribution in [1.29, 1.82) is 0 Å². The number of amides is 2. The lowest BCUT2D eigenvalue weighted by molar-refractivity contribution is 0.0964. The second-order valence-electron chi connectivity index (χ2n) is 12.1. The van der Waals surface area contributed by atoms with Crippen molar-refractivity contribution < 1.29 is 19.8 Å². The molecule has 1 atom stereocenters. The Kier molecular flexibility index (Phi) is 9.66. The van der Waals surface area contributed by atoms with E-state index in [1.54, 1.807) is 38.2 Å². The Morgan fingerprint density at radius 1 is 0.760 bits per heavy atom. The van der Waals surface area contributed by atoms with Gasteiger partial charge in [-0.15, -0.1) is 0 Å². The third-order valence-electron chi connectivity index (χ3n) is 8.81. The second kappa shape index (κ2) is 14.1. The highest BCUT2D eigenvalue weighted by Crippen LogP contribution is 2.24. The number of carbonyl (C=O) groups excluding carboxylic acids is 2. The summed E-state index contributed by atoms with van der Waals surface area (Å²) in [6.07, 6.45) is 2.78. The summed E-state index contributed by atoms with van der Waals surface area (Å²) in [5.41, 5.74) is 6.84. The molecule has 0 fully saturated rings. The van der Waals surface area contributed by atoms with Crippen molar-refractivity contribution in [2.75, 3.05) is 6.61 Å². The van der Waals surface area contributed by atoms with E-state index in [2.05, 4.69) is 20.2 Å². The number of allylic oxidation sites excluding steroid dienone is 2. The van der Waals surface area contributed by atoms with Gasteiger partial charge in [0, 0.05) is 45.8 Å². The van der Waals surface area contributed by atoms with Gasteiger partial charge >= 0.3 is 0 Å². The third-order valence-corrected chi connectivity index (χ3v) is 8.81. The Hall–Kier alpha value is -5.60. The third kappa shape index (κ3) is 6.18. The van der Waals surface area contributed by atoms with Crippen LogP contribution in [0.2, 0.25) is 0 Å². The molecule has 2 amide bonds. The zero-order valence-corrected chi connectivity index (χ0v) is 29.1. The minimum atomic E-state index is -1.13. The van der Waals surface area contributed by atoms with Gasteiger partial charge in [0.2, 0.25) is 11.2 Å². The monoisotopic (exact) mass is 678 g/mol. The number of aliphatic hydroxyl groups is 2. The smallest absolute Gasteiger partial charge is 0.298 e. The second-order valence-corrected chi connectivity index (χ2v) is 12.1. The van der Waals surface area contributed by atoms with Crippen LogP contribution in [0.1, 0.15) is 57.9 Å². The average molecular weight is 679 g/mol. The molecule has 14 heteroatoms.